The molecule has 0 aliphatic rings. The van der Waals surface area contributed by atoms with Crippen LogP contribution in [0.25, 0.3) is 82.1 Å². The number of hydrogen-bond acceptors (Lipinski definition) is 3. The second-order valence-corrected chi connectivity index (χ2v) is 15.4. The Labute approximate surface area is 361 Å². The fourth-order valence-corrected chi connectivity index (χ4v) is 8.52. The molecule has 0 aliphatic heterocycles. The van der Waals surface area contributed by atoms with Crippen molar-refractivity contribution in [2.75, 3.05) is 0 Å². The van der Waals surface area contributed by atoms with Gasteiger partial charge in [0.05, 0.1) is 22.7 Å². The average molecular weight is 797 g/mol. The molecule has 0 unspecified atom stereocenters. The van der Waals surface area contributed by atoms with E-state index in [1.807, 2.05) is 42.5 Å². The number of fused-ring (bicyclic) bond motifs is 9. The smallest absolute Gasteiger partial charge is 0.0992 e. The molecule has 0 radical (unpaired) electrons. The van der Waals surface area contributed by atoms with E-state index in [4.69, 9.17) is 11.1 Å². The highest BCUT2D eigenvalue weighted by atomic mass is 15.0. The second kappa shape index (κ2) is 17.6. The van der Waals surface area contributed by atoms with E-state index >= 15 is 0 Å². The first-order chi connectivity index (χ1) is 30.5. The Balaban J connectivity index is 0.000000119. The van der Waals surface area contributed by atoms with Crippen LogP contribution in [0.1, 0.15) is 22.3 Å². The number of benzene rings is 10. The van der Waals surface area contributed by atoms with Gasteiger partial charge in [-0.05, 0) is 115 Å². The minimum absolute atomic E-state index is 0.558. The lowest BCUT2D eigenvalue weighted by molar-refractivity contribution is 1.07. The third-order valence-corrected chi connectivity index (χ3v) is 11.4. The SMILES string of the molecule is Cc1ccc2c3ccccc3c3ccccc3c2c1.N#Cc1cc(C=N)cc(-n2c3ccccc3c3ccccc32)c1.NCc1cccc(-c2cccc(-c3ccccc3)c2)c1. The Bertz CT molecular complexity index is 3360. The summed E-state index contributed by atoms with van der Waals surface area (Å²) in [6, 6.07) is 75.8. The van der Waals surface area contributed by atoms with Crippen molar-refractivity contribution in [3.05, 3.63) is 235 Å². The summed E-state index contributed by atoms with van der Waals surface area (Å²) in [6.07, 6.45) is 1.28. The summed E-state index contributed by atoms with van der Waals surface area (Å²) in [5.74, 6) is 0. The van der Waals surface area contributed by atoms with E-state index in [1.54, 1.807) is 6.07 Å². The number of nitrogens with one attached hydrogen (secondary N) is 1. The number of nitriles is 1. The first-order valence-corrected chi connectivity index (χ1v) is 20.8. The van der Waals surface area contributed by atoms with Crippen LogP contribution in [0.2, 0.25) is 0 Å². The van der Waals surface area contributed by atoms with Crippen molar-refractivity contribution in [3.8, 4) is 34.0 Å². The van der Waals surface area contributed by atoms with Crippen LogP contribution in [0.3, 0.4) is 0 Å². The molecule has 62 heavy (non-hydrogen) atoms. The van der Waals surface area contributed by atoms with Crippen LogP contribution in [-0.2, 0) is 6.54 Å². The number of aryl methyl sites for hydroxylation is 1. The van der Waals surface area contributed by atoms with Gasteiger partial charge in [-0.3, -0.25) is 0 Å². The molecule has 4 nitrogen and oxygen atoms in total. The van der Waals surface area contributed by atoms with E-state index in [2.05, 4.69) is 181 Å². The monoisotopic (exact) mass is 796 g/mol. The molecule has 11 aromatic rings. The molecule has 10 aromatic carbocycles. The highest BCUT2D eigenvalue weighted by molar-refractivity contribution is 6.25. The molecule has 0 spiro atoms. The molecule has 296 valence electrons. The third kappa shape index (κ3) is 7.85. The molecule has 0 saturated heterocycles. The van der Waals surface area contributed by atoms with E-state index in [0.717, 1.165) is 27.8 Å². The van der Waals surface area contributed by atoms with Crippen LogP contribution in [0.15, 0.2) is 212 Å². The molecule has 0 atom stereocenters. The topological polar surface area (TPSA) is 78.6 Å². The second-order valence-electron chi connectivity index (χ2n) is 15.4. The summed E-state index contributed by atoms with van der Waals surface area (Å²) in [6.45, 7) is 2.73. The maximum atomic E-state index is 9.27. The molecular weight excluding hydrogens is 753 g/mol. The first kappa shape index (κ1) is 39.4. The fraction of sp³-hybridized carbons (Fsp3) is 0.0345. The van der Waals surface area contributed by atoms with Crippen molar-refractivity contribution in [1.29, 1.82) is 10.7 Å². The Morgan fingerprint density at radius 1 is 0.468 bits per heavy atom. The summed E-state index contributed by atoms with van der Waals surface area (Å²) < 4.78 is 2.15. The zero-order valence-corrected chi connectivity index (χ0v) is 34.5. The van der Waals surface area contributed by atoms with Gasteiger partial charge in [-0.1, -0.05) is 175 Å². The summed E-state index contributed by atoms with van der Waals surface area (Å²) in [7, 11) is 0. The number of nitrogens with two attached hydrogens (primary N) is 1. The number of nitrogens with zero attached hydrogens (tertiary/aromatic N) is 2. The van der Waals surface area contributed by atoms with E-state index in [1.165, 1.54) is 77.1 Å². The van der Waals surface area contributed by atoms with Gasteiger partial charge in [0.25, 0.3) is 0 Å². The van der Waals surface area contributed by atoms with Gasteiger partial charge in [-0.15, -0.1) is 0 Å². The van der Waals surface area contributed by atoms with E-state index < -0.39 is 0 Å². The van der Waals surface area contributed by atoms with E-state index in [-0.39, 0.29) is 0 Å². The van der Waals surface area contributed by atoms with Crippen molar-refractivity contribution >= 4 is 60.3 Å². The van der Waals surface area contributed by atoms with Crippen LogP contribution < -0.4 is 5.73 Å². The summed E-state index contributed by atoms with van der Waals surface area (Å²) in [4.78, 5) is 0. The summed E-state index contributed by atoms with van der Waals surface area (Å²) >= 11 is 0. The molecule has 0 amide bonds. The molecule has 11 rings (SSSR count). The highest BCUT2D eigenvalue weighted by Crippen LogP contribution is 2.36. The van der Waals surface area contributed by atoms with Gasteiger partial charge >= 0.3 is 0 Å². The molecule has 1 heterocycles. The molecule has 3 N–H and O–H groups in total. The first-order valence-electron chi connectivity index (χ1n) is 20.8. The largest absolute Gasteiger partial charge is 0.326 e. The standard InChI is InChI=1S/C20H13N3.C19H17N.C19H14/c21-12-14-9-15(13-22)11-16(10-14)23-19-7-3-1-5-17(19)18-6-2-4-8-20(18)23;20-14-15-6-4-9-17(12-15)19-11-5-10-18(13-19)16-7-2-1-3-8-16;1-13-10-11-18-16-8-3-2-6-14(16)15-7-4-5-9-17(15)19(18)12-13/h1-12,21H;1-13H,14,20H2;2-12H,1H3. The number of para-hydroxylation sites is 2. The zero-order chi connectivity index (χ0) is 42.4. The van der Waals surface area contributed by atoms with Crippen LogP contribution in [-0.4, -0.2) is 10.8 Å². The molecule has 4 heteroatoms. The van der Waals surface area contributed by atoms with Gasteiger partial charge in [-0.2, -0.15) is 5.26 Å². The molecule has 0 fully saturated rings. The minimum Gasteiger partial charge on any atom is -0.326 e. The van der Waals surface area contributed by atoms with E-state index in [9.17, 15) is 5.26 Å². The van der Waals surface area contributed by atoms with Gasteiger partial charge in [-0.25, -0.2) is 0 Å². The lowest BCUT2D eigenvalue weighted by Crippen LogP contribution is -1.96. The van der Waals surface area contributed by atoms with E-state index in [0.29, 0.717) is 12.1 Å². The van der Waals surface area contributed by atoms with Crippen LogP contribution in [0.5, 0.6) is 0 Å². The number of hydrogen-bond donors (Lipinski definition) is 2. The summed E-state index contributed by atoms with van der Waals surface area (Å²) in [5, 5.41) is 27.2. The molecule has 0 saturated carbocycles. The van der Waals surface area contributed by atoms with Crippen molar-refractivity contribution < 1.29 is 0 Å². The van der Waals surface area contributed by atoms with Gasteiger partial charge in [0.2, 0.25) is 0 Å². The van der Waals surface area contributed by atoms with Crippen LogP contribution in [0.4, 0.5) is 0 Å². The Morgan fingerprint density at radius 3 is 1.53 bits per heavy atom. The van der Waals surface area contributed by atoms with Crippen LogP contribution in [0, 0.1) is 23.7 Å². The summed E-state index contributed by atoms with van der Waals surface area (Å²) in [5.41, 5.74) is 17.5. The van der Waals surface area contributed by atoms with Gasteiger partial charge < -0.3 is 15.7 Å². The molecule has 1 aromatic heterocycles. The lowest BCUT2D eigenvalue weighted by Gasteiger charge is -2.10. The predicted octanol–water partition coefficient (Wildman–Crippen LogP) is 14.6. The van der Waals surface area contributed by atoms with Crippen molar-refractivity contribution in [3.63, 3.8) is 0 Å². The highest BCUT2D eigenvalue weighted by Gasteiger charge is 2.13. The van der Waals surface area contributed by atoms with Gasteiger partial charge in [0, 0.05) is 29.2 Å². The van der Waals surface area contributed by atoms with Crippen molar-refractivity contribution in [1.82, 2.24) is 4.57 Å². The molecule has 0 aliphatic carbocycles. The van der Waals surface area contributed by atoms with Gasteiger partial charge in [0.1, 0.15) is 0 Å². The predicted molar refractivity (Wildman–Crippen MR) is 262 cm³/mol. The van der Waals surface area contributed by atoms with Crippen LogP contribution >= 0.6 is 0 Å². The Kier molecular flexibility index (Phi) is 11.2. The average Bonchev–Trinajstić information content (AvgIpc) is 3.69. The minimum atomic E-state index is 0.558. The maximum Gasteiger partial charge on any atom is 0.0992 e. The molecule has 0 bridgehead atoms. The van der Waals surface area contributed by atoms with Crippen molar-refractivity contribution in [2.45, 2.75) is 13.5 Å². The fourth-order valence-electron chi connectivity index (χ4n) is 8.52. The van der Waals surface area contributed by atoms with Crippen molar-refractivity contribution in [2.24, 2.45) is 5.73 Å². The lowest BCUT2D eigenvalue weighted by atomic mass is 9.93. The maximum absolute atomic E-state index is 9.27. The number of aromatic nitrogens is 1. The van der Waals surface area contributed by atoms with Gasteiger partial charge in [0.15, 0.2) is 0 Å². The number of rotatable bonds is 5. The Morgan fingerprint density at radius 2 is 0.952 bits per heavy atom. The Hall–Kier alpha value is -8.10. The normalized spacial score (nSPS) is 10.9. The third-order valence-electron chi connectivity index (χ3n) is 11.4. The molecular formula is C58H44N4. The zero-order valence-electron chi connectivity index (χ0n) is 34.5. The quantitative estimate of drug-likeness (QED) is 0.134.